The van der Waals surface area contributed by atoms with Crippen molar-refractivity contribution in [2.24, 2.45) is 11.8 Å². The maximum absolute atomic E-state index is 12.9. The van der Waals surface area contributed by atoms with Crippen LogP contribution in [0.15, 0.2) is 43.0 Å². The number of carbonyl (C=O) groups excluding carboxylic acids is 1. The molecule has 2 fully saturated rings. The molecule has 162 valence electrons. The van der Waals surface area contributed by atoms with Crippen LogP contribution in [0, 0.1) is 11.8 Å². The first kappa shape index (κ1) is 21.1. The van der Waals surface area contributed by atoms with Crippen molar-refractivity contribution >= 4 is 5.91 Å². The first-order chi connectivity index (χ1) is 14.7. The van der Waals surface area contributed by atoms with Crippen molar-refractivity contribution in [1.82, 2.24) is 19.8 Å². The average molecular weight is 409 g/mol. The molecule has 1 aromatic heterocycles. The topological polar surface area (TPSA) is 50.2 Å². The van der Waals surface area contributed by atoms with Crippen LogP contribution in [0.1, 0.15) is 68.6 Å². The summed E-state index contributed by atoms with van der Waals surface area (Å²) in [5.74, 6) is 1.51. The number of hydrogen-bond donors (Lipinski definition) is 1. The predicted octanol–water partition coefficient (Wildman–Crippen LogP) is 4.67. The van der Waals surface area contributed by atoms with E-state index in [-0.39, 0.29) is 5.91 Å². The largest absolute Gasteiger partial charge is 0.349 e. The van der Waals surface area contributed by atoms with Gasteiger partial charge in [0, 0.05) is 42.8 Å². The summed E-state index contributed by atoms with van der Waals surface area (Å²) in [5.41, 5.74) is 1.76. The minimum absolute atomic E-state index is 0.0617. The third-order valence-corrected chi connectivity index (χ3v) is 6.95. The Morgan fingerprint density at radius 1 is 1.13 bits per heavy atom. The molecule has 2 heterocycles. The predicted molar refractivity (Wildman–Crippen MR) is 121 cm³/mol. The van der Waals surface area contributed by atoms with Gasteiger partial charge >= 0.3 is 0 Å². The van der Waals surface area contributed by atoms with Gasteiger partial charge < -0.3 is 14.8 Å². The smallest absolute Gasteiger partial charge is 0.251 e. The lowest BCUT2D eigenvalue weighted by molar-refractivity contribution is 0.0853. The molecule has 30 heavy (non-hydrogen) atoms. The Labute approximate surface area is 180 Å². The molecule has 1 saturated carbocycles. The van der Waals surface area contributed by atoms with E-state index >= 15 is 0 Å². The highest BCUT2D eigenvalue weighted by Crippen LogP contribution is 2.28. The van der Waals surface area contributed by atoms with E-state index < -0.39 is 0 Å². The minimum Gasteiger partial charge on any atom is -0.349 e. The van der Waals surface area contributed by atoms with Crippen LogP contribution in [0.3, 0.4) is 0 Å². The lowest BCUT2D eigenvalue weighted by atomic mass is 9.83. The van der Waals surface area contributed by atoms with Crippen LogP contribution < -0.4 is 5.32 Å². The van der Waals surface area contributed by atoms with E-state index in [9.17, 15) is 4.79 Å². The van der Waals surface area contributed by atoms with Crippen molar-refractivity contribution in [3.8, 4) is 5.69 Å². The molecule has 4 rings (SSSR count). The first-order valence-corrected chi connectivity index (χ1v) is 11.8. The monoisotopic (exact) mass is 408 g/mol. The number of rotatable bonds is 7. The summed E-state index contributed by atoms with van der Waals surface area (Å²) in [5, 5.41) is 3.38. The summed E-state index contributed by atoms with van der Waals surface area (Å²) >= 11 is 0. The van der Waals surface area contributed by atoms with Gasteiger partial charge in [-0.15, -0.1) is 0 Å². The number of benzene rings is 1. The van der Waals surface area contributed by atoms with E-state index in [1.54, 1.807) is 12.5 Å². The van der Waals surface area contributed by atoms with Crippen LogP contribution in [0.25, 0.3) is 5.69 Å². The normalized spacial score (nSPS) is 25.2. The summed E-state index contributed by atoms with van der Waals surface area (Å²) < 4.78 is 1.95. The number of nitrogens with zero attached hydrogens (tertiary/aromatic N) is 3. The SMILES string of the molecule is CCCC1CCCN(C[C@@H]2CCCC[C@H]2NC(=O)c2ccc(-n3ccnc3)cc2)C1. The van der Waals surface area contributed by atoms with Crippen molar-refractivity contribution < 1.29 is 4.79 Å². The molecule has 5 heteroatoms. The third-order valence-electron chi connectivity index (χ3n) is 6.95. The highest BCUT2D eigenvalue weighted by Gasteiger charge is 2.30. The standard InChI is InChI=1S/C25H36N4O/c1-2-6-20-7-5-15-28(17-20)18-22-8-3-4-9-24(22)27-25(30)21-10-12-23(13-11-21)29-16-14-26-19-29/h10-14,16,19-20,22,24H,2-9,15,17-18H2,1H3,(H,27,30)/t20?,22-,24+/m0/s1. The summed E-state index contributed by atoms with van der Waals surface area (Å²) in [7, 11) is 0. The highest BCUT2D eigenvalue weighted by atomic mass is 16.1. The van der Waals surface area contributed by atoms with E-state index in [1.165, 1.54) is 58.0 Å². The van der Waals surface area contributed by atoms with Gasteiger partial charge in [-0.25, -0.2) is 4.98 Å². The van der Waals surface area contributed by atoms with Gasteiger partial charge in [-0.2, -0.15) is 0 Å². The Morgan fingerprint density at radius 2 is 1.97 bits per heavy atom. The van der Waals surface area contributed by atoms with E-state index in [2.05, 4.69) is 22.1 Å². The van der Waals surface area contributed by atoms with Crippen molar-refractivity contribution in [1.29, 1.82) is 0 Å². The van der Waals surface area contributed by atoms with Gasteiger partial charge in [-0.3, -0.25) is 4.79 Å². The van der Waals surface area contributed by atoms with Gasteiger partial charge in [-0.1, -0.05) is 26.2 Å². The second kappa shape index (κ2) is 10.3. The Hall–Kier alpha value is -2.14. The number of carbonyl (C=O) groups is 1. The fourth-order valence-electron chi connectivity index (χ4n) is 5.36. The van der Waals surface area contributed by atoms with Crippen LogP contribution in [0.5, 0.6) is 0 Å². The van der Waals surface area contributed by atoms with Crippen LogP contribution in [-0.2, 0) is 0 Å². The quantitative estimate of drug-likeness (QED) is 0.724. The van der Waals surface area contributed by atoms with Gasteiger partial charge in [0.05, 0.1) is 6.33 Å². The molecule has 1 N–H and O–H groups in total. The molecule has 0 radical (unpaired) electrons. The minimum atomic E-state index is 0.0617. The molecule has 1 unspecified atom stereocenters. The zero-order valence-electron chi connectivity index (χ0n) is 18.3. The summed E-state index contributed by atoms with van der Waals surface area (Å²) in [4.78, 5) is 19.7. The Bertz CT molecular complexity index is 784. The molecule has 1 aromatic carbocycles. The molecular formula is C25H36N4O. The zero-order chi connectivity index (χ0) is 20.8. The van der Waals surface area contributed by atoms with Crippen LogP contribution in [-0.4, -0.2) is 46.0 Å². The van der Waals surface area contributed by atoms with Crippen LogP contribution in [0.4, 0.5) is 0 Å². The number of amides is 1. The van der Waals surface area contributed by atoms with Crippen molar-refractivity contribution in [3.63, 3.8) is 0 Å². The van der Waals surface area contributed by atoms with Gasteiger partial charge in [0.2, 0.25) is 0 Å². The molecule has 1 amide bonds. The molecule has 1 aliphatic heterocycles. The molecule has 2 aromatic rings. The maximum atomic E-state index is 12.9. The van der Waals surface area contributed by atoms with Gasteiger partial charge in [0.25, 0.3) is 5.91 Å². The summed E-state index contributed by atoms with van der Waals surface area (Å²) in [6.07, 6.45) is 15.7. The van der Waals surface area contributed by atoms with Crippen molar-refractivity contribution in [2.45, 2.75) is 64.3 Å². The van der Waals surface area contributed by atoms with E-state index in [1.807, 2.05) is 35.0 Å². The third kappa shape index (κ3) is 5.31. The Morgan fingerprint density at radius 3 is 2.73 bits per heavy atom. The molecule has 1 saturated heterocycles. The number of likely N-dealkylation sites (tertiary alicyclic amines) is 1. The van der Waals surface area contributed by atoms with E-state index in [0.717, 1.165) is 30.1 Å². The number of hydrogen-bond acceptors (Lipinski definition) is 3. The van der Waals surface area contributed by atoms with Gasteiger partial charge in [0.15, 0.2) is 0 Å². The average Bonchev–Trinajstić information content (AvgIpc) is 3.31. The molecule has 5 nitrogen and oxygen atoms in total. The van der Waals surface area contributed by atoms with Crippen molar-refractivity contribution in [2.75, 3.05) is 19.6 Å². The van der Waals surface area contributed by atoms with E-state index in [0.29, 0.717) is 12.0 Å². The molecular weight excluding hydrogens is 372 g/mol. The Balaban J connectivity index is 1.35. The lowest BCUT2D eigenvalue weighted by Crippen LogP contribution is -2.48. The lowest BCUT2D eigenvalue weighted by Gasteiger charge is -2.39. The van der Waals surface area contributed by atoms with Gasteiger partial charge in [-0.05, 0) is 74.8 Å². The number of aromatic nitrogens is 2. The first-order valence-electron chi connectivity index (χ1n) is 11.8. The fourth-order valence-corrected chi connectivity index (χ4v) is 5.36. The number of nitrogens with one attached hydrogen (secondary N) is 1. The highest BCUT2D eigenvalue weighted by molar-refractivity contribution is 5.94. The van der Waals surface area contributed by atoms with Crippen LogP contribution in [0.2, 0.25) is 0 Å². The van der Waals surface area contributed by atoms with Gasteiger partial charge in [0.1, 0.15) is 0 Å². The molecule has 3 atom stereocenters. The maximum Gasteiger partial charge on any atom is 0.251 e. The van der Waals surface area contributed by atoms with E-state index in [4.69, 9.17) is 0 Å². The fraction of sp³-hybridized carbons (Fsp3) is 0.600. The van der Waals surface area contributed by atoms with Crippen LogP contribution >= 0.6 is 0 Å². The number of imidazole rings is 1. The van der Waals surface area contributed by atoms with Crippen molar-refractivity contribution in [3.05, 3.63) is 48.5 Å². The molecule has 0 bridgehead atoms. The zero-order valence-corrected chi connectivity index (χ0v) is 18.3. The molecule has 1 aliphatic carbocycles. The Kier molecular flexibility index (Phi) is 7.21. The second-order valence-corrected chi connectivity index (χ2v) is 9.20. The molecule has 0 spiro atoms. The number of piperidine rings is 1. The summed E-state index contributed by atoms with van der Waals surface area (Å²) in [6.45, 7) is 5.92. The second-order valence-electron chi connectivity index (χ2n) is 9.20. The summed E-state index contributed by atoms with van der Waals surface area (Å²) in [6, 6.07) is 8.10. The molecule has 2 aliphatic rings.